The molecule has 0 unspecified atom stereocenters. The van der Waals surface area contributed by atoms with Crippen molar-refractivity contribution >= 4 is 11.9 Å². The third-order valence-electron chi connectivity index (χ3n) is 8.32. The van der Waals surface area contributed by atoms with Crippen LogP contribution in [-0.2, 0) is 11.2 Å². The Bertz CT molecular complexity index is 1080. The van der Waals surface area contributed by atoms with Crippen LogP contribution in [-0.4, -0.2) is 27.1 Å². The first-order chi connectivity index (χ1) is 15.5. The second kappa shape index (κ2) is 7.99. The van der Waals surface area contributed by atoms with Crippen molar-refractivity contribution in [2.75, 3.05) is 21.3 Å². The van der Waals surface area contributed by atoms with Crippen LogP contribution >= 0.6 is 0 Å². The highest BCUT2D eigenvalue weighted by Crippen LogP contribution is 2.61. The monoisotopic (exact) mass is 432 g/mol. The van der Waals surface area contributed by atoms with Gasteiger partial charge in [0.05, 0.1) is 21.3 Å². The summed E-state index contributed by atoms with van der Waals surface area (Å²) in [6, 6.07) is 12.4. The maximum atomic E-state index is 13.6. The predicted molar refractivity (Wildman–Crippen MR) is 126 cm³/mol. The molecule has 2 aromatic carbocycles. The number of ketones is 1. The van der Waals surface area contributed by atoms with Gasteiger partial charge in [-0.15, -0.1) is 0 Å². The molecule has 2 fully saturated rings. The van der Waals surface area contributed by atoms with Gasteiger partial charge in [0, 0.05) is 5.41 Å². The van der Waals surface area contributed by atoms with Crippen LogP contribution in [0, 0.1) is 17.3 Å². The van der Waals surface area contributed by atoms with Crippen LogP contribution in [0.25, 0.3) is 6.08 Å². The average Bonchev–Trinajstić information content (AvgIpc) is 3.08. The van der Waals surface area contributed by atoms with E-state index in [9.17, 15) is 4.79 Å². The van der Waals surface area contributed by atoms with E-state index in [1.807, 2.05) is 18.2 Å². The molecule has 4 nitrogen and oxygen atoms in total. The maximum Gasteiger partial charge on any atom is 0.165 e. The first-order valence-electron chi connectivity index (χ1n) is 11.6. The molecule has 0 bridgehead atoms. The number of Topliss-reactive ketones (excluding diaryl/α,β-unsaturated/α-hetero) is 1. The van der Waals surface area contributed by atoms with Crippen molar-refractivity contribution in [3.05, 3.63) is 58.7 Å². The SMILES string of the molecule is COc1ccc2c(c1)CC[C@H]1[C@H]2CC[C@]2(C)C(=O)/C(=C/c3ccc(OC)c(OC)c3)C[C@@H]12. The summed E-state index contributed by atoms with van der Waals surface area (Å²) >= 11 is 0. The summed E-state index contributed by atoms with van der Waals surface area (Å²) in [6.07, 6.45) is 7.23. The largest absolute Gasteiger partial charge is 0.497 e. The summed E-state index contributed by atoms with van der Waals surface area (Å²) in [5.74, 6) is 4.21. The fraction of sp³-hybridized carbons (Fsp3) is 0.464. The molecule has 3 aliphatic carbocycles. The Morgan fingerprint density at radius 1 is 0.969 bits per heavy atom. The standard InChI is InChI=1S/C28H32O4/c1-28-12-11-22-21-9-7-20(30-2)15-18(21)6-8-23(22)24(28)16-19(27(28)29)13-17-5-10-25(31-3)26(14-17)32-4/h5,7,9-10,13-15,22-24H,6,8,11-12,16H2,1-4H3/b19-13+/t22-,23-,24-,28-/m0/s1. The number of ether oxygens (including phenoxy) is 3. The number of allylic oxidation sites excluding steroid dienone is 1. The van der Waals surface area contributed by atoms with Gasteiger partial charge in [-0.25, -0.2) is 0 Å². The summed E-state index contributed by atoms with van der Waals surface area (Å²) in [5.41, 5.74) is 4.62. The van der Waals surface area contributed by atoms with Crippen LogP contribution in [0.4, 0.5) is 0 Å². The van der Waals surface area contributed by atoms with Crippen molar-refractivity contribution < 1.29 is 19.0 Å². The van der Waals surface area contributed by atoms with Gasteiger partial charge in [0.25, 0.3) is 0 Å². The molecule has 3 aliphatic rings. The lowest BCUT2D eigenvalue weighted by Gasteiger charge is -2.48. The topological polar surface area (TPSA) is 44.8 Å². The number of carbonyl (C=O) groups is 1. The molecule has 0 heterocycles. The van der Waals surface area contributed by atoms with Gasteiger partial charge < -0.3 is 14.2 Å². The van der Waals surface area contributed by atoms with Crippen LogP contribution in [0.1, 0.15) is 55.2 Å². The van der Waals surface area contributed by atoms with Crippen molar-refractivity contribution in [3.63, 3.8) is 0 Å². The van der Waals surface area contributed by atoms with E-state index in [1.165, 1.54) is 11.1 Å². The van der Waals surface area contributed by atoms with Crippen molar-refractivity contribution in [2.45, 2.75) is 44.9 Å². The van der Waals surface area contributed by atoms with Gasteiger partial charge in [-0.05, 0) is 102 Å². The molecule has 0 aliphatic heterocycles. The molecular formula is C28H32O4. The van der Waals surface area contributed by atoms with E-state index in [0.29, 0.717) is 35.0 Å². The molecule has 2 aromatic rings. The van der Waals surface area contributed by atoms with Gasteiger partial charge in [-0.3, -0.25) is 4.79 Å². The van der Waals surface area contributed by atoms with E-state index in [1.54, 1.807) is 21.3 Å². The molecule has 4 atom stereocenters. The van der Waals surface area contributed by atoms with Crippen LogP contribution < -0.4 is 14.2 Å². The van der Waals surface area contributed by atoms with Crippen molar-refractivity contribution in [1.82, 2.24) is 0 Å². The van der Waals surface area contributed by atoms with Gasteiger partial charge in [0.1, 0.15) is 5.75 Å². The third-order valence-corrected chi connectivity index (χ3v) is 8.32. The zero-order chi connectivity index (χ0) is 22.5. The highest BCUT2D eigenvalue weighted by atomic mass is 16.5. The fourth-order valence-electron chi connectivity index (χ4n) is 6.63. The van der Waals surface area contributed by atoms with E-state index in [-0.39, 0.29) is 5.41 Å². The summed E-state index contributed by atoms with van der Waals surface area (Å²) in [6.45, 7) is 2.22. The molecule has 0 amide bonds. The summed E-state index contributed by atoms with van der Waals surface area (Å²) in [5, 5.41) is 0. The predicted octanol–water partition coefficient (Wildman–Crippen LogP) is 5.83. The molecular weight excluding hydrogens is 400 g/mol. The van der Waals surface area contributed by atoms with E-state index in [2.05, 4.69) is 31.2 Å². The van der Waals surface area contributed by atoms with Crippen LogP contribution in [0.5, 0.6) is 17.2 Å². The Hall–Kier alpha value is -2.75. The normalized spacial score (nSPS) is 29.8. The van der Waals surface area contributed by atoms with Gasteiger partial charge in [0.15, 0.2) is 17.3 Å². The van der Waals surface area contributed by atoms with E-state index in [4.69, 9.17) is 14.2 Å². The summed E-state index contributed by atoms with van der Waals surface area (Å²) in [7, 11) is 5.01. The third kappa shape index (κ3) is 3.23. The van der Waals surface area contributed by atoms with Crippen molar-refractivity contribution in [1.29, 1.82) is 0 Å². The Labute approximate surface area is 190 Å². The molecule has 2 saturated carbocycles. The van der Waals surface area contributed by atoms with Crippen LogP contribution in [0.3, 0.4) is 0 Å². The highest BCUT2D eigenvalue weighted by Gasteiger charge is 2.56. The minimum Gasteiger partial charge on any atom is -0.497 e. The molecule has 0 saturated heterocycles. The molecule has 4 heteroatoms. The Morgan fingerprint density at radius 3 is 2.53 bits per heavy atom. The number of carbonyl (C=O) groups excluding carboxylic acids is 1. The molecule has 0 N–H and O–H groups in total. The van der Waals surface area contributed by atoms with Crippen LogP contribution in [0.15, 0.2) is 42.0 Å². The zero-order valence-electron chi connectivity index (χ0n) is 19.4. The lowest BCUT2D eigenvalue weighted by molar-refractivity contribution is -0.127. The second-order valence-electron chi connectivity index (χ2n) is 9.75. The lowest BCUT2D eigenvalue weighted by atomic mass is 9.55. The fourth-order valence-corrected chi connectivity index (χ4v) is 6.63. The highest BCUT2D eigenvalue weighted by molar-refractivity contribution is 6.06. The number of fused-ring (bicyclic) bond motifs is 5. The number of hydrogen-bond acceptors (Lipinski definition) is 4. The molecule has 5 rings (SSSR count). The molecule has 32 heavy (non-hydrogen) atoms. The Morgan fingerprint density at radius 2 is 1.78 bits per heavy atom. The van der Waals surface area contributed by atoms with Gasteiger partial charge in [0.2, 0.25) is 0 Å². The number of rotatable bonds is 4. The van der Waals surface area contributed by atoms with Gasteiger partial charge in [-0.1, -0.05) is 19.1 Å². The molecule has 0 radical (unpaired) electrons. The quantitative estimate of drug-likeness (QED) is 0.570. The minimum absolute atomic E-state index is 0.243. The summed E-state index contributed by atoms with van der Waals surface area (Å²) in [4.78, 5) is 13.6. The zero-order valence-corrected chi connectivity index (χ0v) is 19.4. The smallest absolute Gasteiger partial charge is 0.165 e. The summed E-state index contributed by atoms with van der Waals surface area (Å²) < 4.78 is 16.3. The maximum absolute atomic E-state index is 13.6. The van der Waals surface area contributed by atoms with Crippen LogP contribution in [0.2, 0.25) is 0 Å². The first kappa shape index (κ1) is 21.1. The number of methoxy groups -OCH3 is 3. The van der Waals surface area contributed by atoms with Crippen molar-refractivity contribution in [3.8, 4) is 17.2 Å². The number of benzene rings is 2. The Kier molecular flexibility index (Phi) is 5.27. The molecule has 168 valence electrons. The molecule has 0 aromatic heterocycles. The lowest BCUT2D eigenvalue weighted by Crippen LogP contribution is -2.42. The number of hydrogen-bond donors (Lipinski definition) is 0. The first-order valence-corrected chi connectivity index (χ1v) is 11.6. The minimum atomic E-state index is -0.243. The van der Waals surface area contributed by atoms with E-state index >= 15 is 0 Å². The molecule has 0 spiro atoms. The van der Waals surface area contributed by atoms with Crippen molar-refractivity contribution in [2.24, 2.45) is 17.3 Å². The van der Waals surface area contributed by atoms with E-state index < -0.39 is 0 Å². The average molecular weight is 433 g/mol. The second-order valence-corrected chi connectivity index (χ2v) is 9.75. The Balaban J connectivity index is 1.45. The van der Waals surface area contributed by atoms with Gasteiger partial charge >= 0.3 is 0 Å². The number of aryl methyl sites for hydroxylation is 1. The van der Waals surface area contributed by atoms with E-state index in [0.717, 1.165) is 49.0 Å². The van der Waals surface area contributed by atoms with Gasteiger partial charge in [-0.2, -0.15) is 0 Å².